The molecule has 0 aliphatic heterocycles. The van der Waals surface area contributed by atoms with Crippen molar-refractivity contribution in [1.29, 1.82) is 0 Å². The van der Waals surface area contributed by atoms with Crippen LogP contribution in [0.2, 0.25) is 0 Å². The molecule has 7 heteroatoms. The van der Waals surface area contributed by atoms with Crippen LogP contribution in [-0.2, 0) is 19.1 Å². The smallest absolute Gasteiger partial charge is 0.354 e. The number of carbonyl (C=O) groups is 3. The minimum absolute atomic E-state index is 0.117. The van der Waals surface area contributed by atoms with Gasteiger partial charge in [0.1, 0.15) is 5.70 Å². The van der Waals surface area contributed by atoms with Gasteiger partial charge in [-0.25, -0.2) is 9.59 Å². The maximum absolute atomic E-state index is 11.6. The summed E-state index contributed by atoms with van der Waals surface area (Å²) in [4.78, 5) is 34.2. The van der Waals surface area contributed by atoms with E-state index in [0.717, 1.165) is 6.08 Å². The normalized spacial score (nSPS) is 10.7. The second-order valence-electron chi connectivity index (χ2n) is 4.04. The Morgan fingerprint density at radius 1 is 1.19 bits per heavy atom. The lowest BCUT2D eigenvalue weighted by atomic mass is 10.1. The summed E-state index contributed by atoms with van der Waals surface area (Å²) in [6, 6.07) is 4.79. The van der Waals surface area contributed by atoms with Gasteiger partial charge in [0.05, 0.1) is 20.3 Å². The molecule has 0 unspecified atom stereocenters. The molecule has 1 aromatic rings. The number of esters is 2. The molecule has 3 N–H and O–H groups in total. The first-order valence-electron chi connectivity index (χ1n) is 5.95. The number of methoxy groups -OCH3 is 2. The van der Waals surface area contributed by atoms with Gasteiger partial charge >= 0.3 is 11.9 Å². The fourth-order valence-corrected chi connectivity index (χ4v) is 1.62. The monoisotopic (exact) mass is 292 g/mol. The molecule has 0 heterocycles. The van der Waals surface area contributed by atoms with Crippen LogP contribution in [0, 0.1) is 6.92 Å². The summed E-state index contributed by atoms with van der Waals surface area (Å²) < 4.78 is 9.05. The molecule has 1 aromatic carbocycles. The summed E-state index contributed by atoms with van der Waals surface area (Å²) in [6.07, 6.45) is 0.961. The van der Waals surface area contributed by atoms with E-state index in [4.69, 9.17) is 5.73 Å². The average molecular weight is 292 g/mol. The fraction of sp³-hybridized carbons (Fsp3) is 0.214. The number of amides is 1. The first-order valence-corrected chi connectivity index (χ1v) is 5.95. The highest BCUT2D eigenvalue weighted by molar-refractivity contribution is 6.00. The van der Waals surface area contributed by atoms with Crippen LogP contribution in [0.5, 0.6) is 0 Å². The van der Waals surface area contributed by atoms with E-state index in [2.05, 4.69) is 14.8 Å². The molecule has 1 amide bonds. The standard InChI is InChI=1S/C14H16N2O5/c1-8-9(13(15)18)5-4-6-10(8)16-11(14(19)21-3)7-12(17)20-2/h4-7,16H,1-3H3,(H2,15,18)/b11-7+. The van der Waals surface area contributed by atoms with Crippen molar-refractivity contribution in [1.82, 2.24) is 0 Å². The highest BCUT2D eigenvalue weighted by Gasteiger charge is 2.15. The van der Waals surface area contributed by atoms with Crippen molar-refractivity contribution < 1.29 is 23.9 Å². The number of hydrogen-bond donors (Lipinski definition) is 2. The van der Waals surface area contributed by atoms with Gasteiger partial charge in [0.2, 0.25) is 5.91 Å². The number of carbonyl (C=O) groups excluding carboxylic acids is 3. The third-order valence-corrected chi connectivity index (χ3v) is 2.74. The number of hydrogen-bond acceptors (Lipinski definition) is 6. The molecule has 0 bridgehead atoms. The number of primary amides is 1. The number of ether oxygens (including phenoxy) is 2. The van der Waals surface area contributed by atoms with Crippen molar-refractivity contribution in [2.24, 2.45) is 5.73 Å². The van der Waals surface area contributed by atoms with Crippen LogP contribution in [0.4, 0.5) is 5.69 Å². The van der Waals surface area contributed by atoms with Crippen molar-refractivity contribution in [3.63, 3.8) is 0 Å². The zero-order chi connectivity index (χ0) is 16.0. The van der Waals surface area contributed by atoms with Crippen LogP contribution in [0.15, 0.2) is 30.0 Å². The summed E-state index contributed by atoms with van der Waals surface area (Å²) in [7, 11) is 2.37. The van der Waals surface area contributed by atoms with Crippen LogP contribution in [0.1, 0.15) is 15.9 Å². The molecule has 21 heavy (non-hydrogen) atoms. The van der Waals surface area contributed by atoms with Gasteiger partial charge in [-0.2, -0.15) is 0 Å². The van der Waals surface area contributed by atoms with Gasteiger partial charge in [0.15, 0.2) is 0 Å². The van der Waals surface area contributed by atoms with E-state index in [1.165, 1.54) is 14.2 Å². The Labute approximate surface area is 121 Å². The molecule has 7 nitrogen and oxygen atoms in total. The third-order valence-electron chi connectivity index (χ3n) is 2.74. The summed E-state index contributed by atoms with van der Waals surface area (Å²) in [5.74, 6) is -2.05. The molecular formula is C14H16N2O5. The Morgan fingerprint density at radius 3 is 2.38 bits per heavy atom. The van der Waals surface area contributed by atoms with Gasteiger partial charge in [-0.1, -0.05) is 6.07 Å². The molecule has 0 saturated heterocycles. The maximum atomic E-state index is 11.6. The molecule has 0 saturated carbocycles. The van der Waals surface area contributed by atoms with Crippen LogP contribution < -0.4 is 11.1 Å². The number of nitrogens with one attached hydrogen (secondary N) is 1. The van der Waals surface area contributed by atoms with E-state index >= 15 is 0 Å². The molecule has 0 aromatic heterocycles. The topological polar surface area (TPSA) is 108 Å². The Hall–Kier alpha value is -2.83. The molecule has 1 rings (SSSR count). The van der Waals surface area contributed by atoms with E-state index in [-0.39, 0.29) is 5.70 Å². The van der Waals surface area contributed by atoms with Gasteiger partial charge in [0, 0.05) is 11.3 Å². The van der Waals surface area contributed by atoms with Gasteiger partial charge in [-0.15, -0.1) is 0 Å². The molecule has 0 aliphatic carbocycles. The minimum atomic E-state index is -0.746. The summed E-state index contributed by atoms with van der Waals surface area (Å²) in [6.45, 7) is 1.66. The van der Waals surface area contributed by atoms with Crippen LogP contribution in [0.25, 0.3) is 0 Å². The molecule has 0 radical (unpaired) electrons. The molecule has 0 fully saturated rings. The Morgan fingerprint density at radius 2 is 1.86 bits per heavy atom. The first-order chi connectivity index (χ1) is 9.90. The lowest BCUT2D eigenvalue weighted by Gasteiger charge is -2.13. The van der Waals surface area contributed by atoms with Gasteiger partial charge in [-0.05, 0) is 24.6 Å². The molecule has 0 atom stereocenters. The SMILES string of the molecule is COC(=O)/C=C(/Nc1cccc(C(N)=O)c1C)C(=O)OC. The predicted molar refractivity (Wildman–Crippen MR) is 75.4 cm³/mol. The lowest BCUT2D eigenvalue weighted by Crippen LogP contribution is -2.18. The van der Waals surface area contributed by atoms with Crippen molar-refractivity contribution >= 4 is 23.5 Å². The molecule has 112 valence electrons. The van der Waals surface area contributed by atoms with E-state index < -0.39 is 17.8 Å². The molecule has 0 spiro atoms. The number of anilines is 1. The summed E-state index contributed by atoms with van der Waals surface area (Å²) >= 11 is 0. The van der Waals surface area contributed by atoms with Crippen molar-refractivity contribution in [2.45, 2.75) is 6.92 Å². The maximum Gasteiger partial charge on any atom is 0.354 e. The molecular weight excluding hydrogens is 276 g/mol. The number of nitrogens with two attached hydrogens (primary N) is 1. The number of rotatable bonds is 5. The van der Waals surface area contributed by atoms with E-state index in [1.54, 1.807) is 25.1 Å². The largest absolute Gasteiger partial charge is 0.466 e. The third kappa shape index (κ3) is 4.07. The zero-order valence-electron chi connectivity index (χ0n) is 11.9. The van der Waals surface area contributed by atoms with Gasteiger partial charge < -0.3 is 20.5 Å². The van der Waals surface area contributed by atoms with Crippen LogP contribution >= 0.6 is 0 Å². The van der Waals surface area contributed by atoms with Crippen molar-refractivity contribution in [3.05, 3.63) is 41.1 Å². The number of benzene rings is 1. The minimum Gasteiger partial charge on any atom is -0.466 e. The Kier molecular flexibility index (Phi) is 5.48. The van der Waals surface area contributed by atoms with Crippen molar-refractivity contribution in [2.75, 3.05) is 19.5 Å². The van der Waals surface area contributed by atoms with Crippen LogP contribution in [-0.4, -0.2) is 32.1 Å². The van der Waals surface area contributed by atoms with E-state index in [9.17, 15) is 14.4 Å². The highest BCUT2D eigenvalue weighted by Crippen LogP contribution is 2.20. The Balaban J connectivity index is 3.19. The average Bonchev–Trinajstić information content (AvgIpc) is 2.47. The second kappa shape index (κ2) is 7.09. The summed E-state index contributed by atoms with van der Waals surface area (Å²) in [5, 5.41) is 2.74. The second-order valence-corrected chi connectivity index (χ2v) is 4.04. The lowest BCUT2D eigenvalue weighted by molar-refractivity contribution is -0.138. The quantitative estimate of drug-likeness (QED) is 0.612. The van der Waals surface area contributed by atoms with Crippen LogP contribution in [0.3, 0.4) is 0 Å². The van der Waals surface area contributed by atoms with Gasteiger partial charge in [-0.3, -0.25) is 4.79 Å². The van der Waals surface area contributed by atoms with Gasteiger partial charge in [0.25, 0.3) is 0 Å². The highest BCUT2D eigenvalue weighted by atomic mass is 16.5. The summed E-state index contributed by atoms with van der Waals surface area (Å²) in [5.41, 5.74) is 6.44. The van der Waals surface area contributed by atoms with Crippen molar-refractivity contribution in [3.8, 4) is 0 Å². The Bertz CT molecular complexity index is 607. The van der Waals surface area contributed by atoms with E-state index in [0.29, 0.717) is 16.8 Å². The fourth-order valence-electron chi connectivity index (χ4n) is 1.62. The predicted octanol–water partition coefficient (Wildman–Crippen LogP) is 0.736. The van der Waals surface area contributed by atoms with E-state index in [1.807, 2.05) is 0 Å². The molecule has 0 aliphatic rings. The first kappa shape index (κ1) is 16.2. The zero-order valence-corrected chi connectivity index (χ0v) is 11.9.